The normalized spacial score (nSPS) is 13.0. The van der Waals surface area contributed by atoms with Gasteiger partial charge in [-0.1, -0.05) is 177 Å². The van der Waals surface area contributed by atoms with Gasteiger partial charge in [-0.05, 0) is 207 Å². The molecule has 0 bridgehead atoms. The third kappa shape index (κ3) is 25.3. The number of ketones is 2. The zero-order valence-electron chi connectivity index (χ0n) is 62.7. The van der Waals surface area contributed by atoms with E-state index in [0.717, 1.165) is 109 Å². The van der Waals surface area contributed by atoms with Crippen LogP contribution in [-0.4, -0.2) is 95.1 Å². The molecule has 0 unspecified atom stereocenters. The van der Waals surface area contributed by atoms with Crippen LogP contribution in [0.3, 0.4) is 0 Å². The summed E-state index contributed by atoms with van der Waals surface area (Å²) in [6, 6.07) is 61.9. The number of halogens is 6. The summed E-state index contributed by atoms with van der Waals surface area (Å²) in [5.74, 6) is 4.26. The summed E-state index contributed by atoms with van der Waals surface area (Å²) < 4.78 is 5.30. The third-order valence-electron chi connectivity index (χ3n) is 19.0. The van der Waals surface area contributed by atoms with Crippen LogP contribution >= 0.6 is 65.0 Å². The Bertz CT molecular complexity index is 5100. The van der Waals surface area contributed by atoms with Crippen molar-refractivity contribution < 1.29 is 88.9 Å². The first-order valence-corrected chi connectivity index (χ1v) is 41.4. The maximum atomic E-state index is 11.5. The molecule has 0 fully saturated rings. The predicted molar refractivity (Wildman–Crippen MR) is 452 cm³/mol. The Morgan fingerprint density at radius 3 is 1.40 bits per heavy atom. The van der Waals surface area contributed by atoms with E-state index in [1.54, 1.807) is 49.6 Å². The number of carbonyl (C=O) groups is 3. The van der Waals surface area contributed by atoms with Crippen LogP contribution in [0.25, 0.3) is 70.7 Å². The minimum Gasteiger partial charge on any atom is -1.00 e. The summed E-state index contributed by atoms with van der Waals surface area (Å²) in [5.41, 5.74) is 13.3. The molecule has 554 valence electrons. The number of carbonyl (C=O) groups excluding carboxylic acids is 3. The van der Waals surface area contributed by atoms with Crippen LogP contribution in [0.5, 0.6) is 34.5 Å². The molecule has 6 N–H and O–H groups in total. The van der Waals surface area contributed by atoms with Crippen molar-refractivity contribution in [3.8, 4) is 34.5 Å². The summed E-state index contributed by atoms with van der Waals surface area (Å²) in [6.07, 6.45) is 15.5. The second kappa shape index (κ2) is 44.6. The van der Waals surface area contributed by atoms with Crippen molar-refractivity contribution in [2.75, 3.05) is 18.9 Å². The fourth-order valence-corrected chi connectivity index (χ4v) is 14.4. The first-order chi connectivity index (χ1) is 49.9. The Morgan fingerprint density at radius 2 is 0.898 bits per heavy atom. The zero-order chi connectivity index (χ0) is 74.6. The van der Waals surface area contributed by atoms with Crippen LogP contribution < -0.4 is 37.7 Å². The van der Waals surface area contributed by atoms with Crippen molar-refractivity contribution in [3.63, 3.8) is 0 Å². The van der Waals surface area contributed by atoms with E-state index in [2.05, 4.69) is 74.5 Å². The molecule has 0 saturated carbocycles. The molecule has 12 aromatic rings. The molecule has 10 nitrogen and oxygen atoms in total. The van der Waals surface area contributed by atoms with Crippen LogP contribution in [0.2, 0.25) is 0 Å². The minimum absolute atomic E-state index is 0. The fourth-order valence-electron chi connectivity index (χ4n) is 13.8. The van der Waals surface area contributed by atoms with Gasteiger partial charge in [0.15, 0.2) is 17.4 Å². The topological polar surface area (TPSA) is 182 Å². The smallest absolute Gasteiger partial charge is 1.00 e. The van der Waals surface area contributed by atoms with Gasteiger partial charge < -0.3 is 44.2 Å². The van der Waals surface area contributed by atoms with Gasteiger partial charge in [-0.2, -0.15) is 0 Å². The average Bonchev–Trinajstić information content (AvgIpc) is 0.792. The number of allylic oxidation sites excluding steroid dienone is 1. The van der Waals surface area contributed by atoms with Crippen LogP contribution in [0, 0.1) is 19.8 Å². The van der Waals surface area contributed by atoms with Crippen molar-refractivity contribution in [2.45, 2.75) is 117 Å². The monoisotopic (exact) mass is 1590 g/mol. The van der Waals surface area contributed by atoms with Gasteiger partial charge in [0.1, 0.15) is 46.1 Å². The second-order valence-electron chi connectivity index (χ2n) is 26.8. The van der Waals surface area contributed by atoms with E-state index in [9.17, 15) is 45.0 Å². The molecule has 0 radical (unpaired) electrons. The summed E-state index contributed by atoms with van der Waals surface area (Å²) in [7, 11) is 16.5. The summed E-state index contributed by atoms with van der Waals surface area (Å²) in [6.45, 7) is 6.72. The number of methoxy groups -OCH3 is 1. The molecule has 12 aromatic carbocycles. The molecular weight excluding hydrogens is 1500 g/mol. The maximum Gasteiger partial charge on any atom is 1.00 e. The molecule has 0 heterocycles. The average molecular weight is 1590 g/mol. The third-order valence-corrected chi connectivity index (χ3v) is 19.6. The summed E-state index contributed by atoms with van der Waals surface area (Å²) in [4.78, 5) is 32.6. The van der Waals surface area contributed by atoms with Crippen molar-refractivity contribution in [1.29, 1.82) is 0 Å². The molecule has 16 rings (SSSR count). The zero-order valence-corrected chi connectivity index (χ0v) is 67.4. The number of hydrogen-bond acceptors (Lipinski definition) is 10. The molecule has 20 heteroatoms. The molecule has 0 saturated heterocycles. The Kier molecular flexibility index (Phi) is 38.0. The van der Waals surface area contributed by atoms with E-state index in [1.807, 2.05) is 104 Å². The largest absolute Gasteiger partial charge is 1.00 e. The Morgan fingerprint density at radius 1 is 0.481 bits per heavy atom. The quantitative estimate of drug-likeness (QED) is 0.0389. The van der Waals surface area contributed by atoms with E-state index in [-0.39, 0.29) is 87.1 Å². The van der Waals surface area contributed by atoms with Crippen molar-refractivity contribution in [2.24, 2.45) is 5.41 Å². The molecular formula is C88H92Al2Cl6Li2O10. The fraction of sp³-hybridized carbons (Fsp3) is 0.250. The van der Waals surface area contributed by atoms with Gasteiger partial charge in [0.25, 0.3) is 0 Å². The van der Waals surface area contributed by atoms with E-state index in [4.69, 9.17) is 69.7 Å². The van der Waals surface area contributed by atoms with Crippen molar-refractivity contribution >= 4 is 181 Å². The van der Waals surface area contributed by atoms with Gasteiger partial charge in [0.05, 0.1) is 12.9 Å². The van der Waals surface area contributed by atoms with E-state index >= 15 is 0 Å². The number of hydrogen-bond donors (Lipinski definition) is 6. The Hall–Kier alpha value is -6.45. The van der Waals surface area contributed by atoms with Crippen LogP contribution in [0.15, 0.2) is 200 Å². The van der Waals surface area contributed by atoms with Gasteiger partial charge >= 0.3 is 49.1 Å². The number of ether oxygens (including phenoxy) is 1. The molecule has 0 amide bonds. The molecule has 0 aliphatic heterocycles. The first kappa shape index (κ1) is 92.2. The van der Waals surface area contributed by atoms with E-state index in [1.165, 1.54) is 81.0 Å². The predicted octanol–water partition coefficient (Wildman–Crippen LogP) is 16.2. The van der Waals surface area contributed by atoms with Gasteiger partial charge in [0.2, 0.25) is 5.24 Å². The number of fused-ring (bicyclic) bond motifs is 14. The molecule has 108 heavy (non-hydrogen) atoms. The Labute approximate surface area is 702 Å². The standard InChI is InChI=1S/C16H18O.C15H14O2.C14H13ClO2.C14H12O2.C14H14O.C11H10O.C3H4Cl2O.CH3.2Al.3ClH.2Li.4H/c1-16(2)9-8-12-11(10-16)6-7-14-13(12)4-3-5-15(14)17;1-17-11-6-8-12-10(9-11)5-7-14-13(12)3-2-4-15(14)16;15-7-6-12(16)9-10-4-5-13-11(8-10)2-1-3-14(13)17;15-10-5-7-11-9(8-10)4-6-13-12(11)2-1-3-14(13)16;15-14-7-3-6-12-11-5-2-1-4-10(11)8-9-13(12)14;1-8-5-6-10-9(7-8)3-2-4-11(10)12;4-2-1-3(5)6;;;;;;;;;;;;/h3-7,17H,8-10H2,1-2H3;2-5,7,9,16H,6,8H2,1H3;1-5,8,17H,6-7,9H2;1-4,6,16H,5,7-8H2;3,6-9,15H,1-2,4-5H2;2-7,12H,1H3;1-2H2;1H3;;;3*1H;;;;;;/q;;;;;;;-1;;+3;;;;2*+1;;;;-1/p-3. The SMILES string of the molecule is CC1(C)CCc2c(ccc3c(O)cccc23)C1.COC1=Cc2ccc3c(O)cccc3c2CC1.Cc1ccc2c(O)cccc2c1.O=C(CCCl)Cc1ccc2c(O)cccc2c1.O=C(Cl)CCCl.O=C1CCc2c(ccc3c(O)cccc23)C1.Oc1cccc2c3c(ccc12)CCCC3.[AlH3].[CH3-].[Cl][Al]([Cl])[Cl].[H-].[Li+].[Li+]. The maximum absolute atomic E-state index is 11.5. The number of alkyl halides is 2. The molecule has 0 atom stereocenters. The van der Waals surface area contributed by atoms with E-state index in [0.29, 0.717) is 77.4 Å². The van der Waals surface area contributed by atoms with Gasteiger partial charge in [-0.3, -0.25) is 14.4 Å². The van der Waals surface area contributed by atoms with Crippen LogP contribution in [-0.2, 0) is 70.5 Å². The van der Waals surface area contributed by atoms with Gasteiger partial charge in [-0.15, -0.1) is 23.2 Å². The Balaban J connectivity index is 0.000000268. The summed E-state index contributed by atoms with van der Waals surface area (Å²) in [5, 5.41) is 70.3. The van der Waals surface area contributed by atoms with Crippen molar-refractivity contribution in [1.82, 2.24) is 0 Å². The number of phenolic OH excluding ortho intramolecular Hbond substituents is 6. The molecule has 4 aliphatic rings. The van der Waals surface area contributed by atoms with Gasteiger partial charge in [0, 0.05) is 82.6 Å². The van der Waals surface area contributed by atoms with Crippen LogP contribution in [0.4, 0.5) is 0 Å². The number of aryl methyl sites for hydroxylation is 6. The molecule has 0 spiro atoms. The van der Waals surface area contributed by atoms with Crippen LogP contribution in [0.1, 0.15) is 116 Å². The summed E-state index contributed by atoms with van der Waals surface area (Å²) >= 11 is 13.7. The van der Waals surface area contributed by atoms with Crippen molar-refractivity contribution in [3.05, 3.63) is 263 Å². The van der Waals surface area contributed by atoms with Gasteiger partial charge in [-0.25, -0.2) is 30.1 Å². The number of rotatable bonds is 7. The molecule has 0 aromatic heterocycles. The number of Topliss-reactive ketones (excluding diaryl/α,β-unsaturated/α-hetero) is 2. The number of phenols is 6. The van der Waals surface area contributed by atoms with E-state index < -0.39 is 11.4 Å². The number of benzene rings is 12. The molecule has 4 aliphatic carbocycles. The second-order valence-corrected chi connectivity index (χ2v) is 34.5. The minimum atomic E-state index is -1.72. The first-order valence-electron chi connectivity index (χ1n) is 34.8. The number of aromatic hydroxyl groups is 6.